The Kier molecular flexibility index (Phi) is 3.39. The second kappa shape index (κ2) is 5.91. The summed E-state index contributed by atoms with van der Waals surface area (Å²) in [6.45, 7) is 2.14. The van der Waals surface area contributed by atoms with Crippen LogP contribution in [0.3, 0.4) is 0 Å². The minimum atomic E-state index is -0.286. The Morgan fingerprint density at radius 3 is 2.74 bits per heavy atom. The van der Waals surface area contributed by atoms with Crippen LogP contribution in [0.5, 0.6) is 0 Å². The summed E-state index contributed by atoms with van der Waals surface area (Å²) in [6, 6.07) is 15.3. The monoisotopic (exact) mass is 358 g/mol. The van der Waals surface area contributed by atoms with E-state index in [4.69, 9.17) is 8.94 Å². The van der Waals surface area contributed by atoms with Crippen LogP contribution in [0, 0.1) is 6.92 Å². The van der Waals surface area contributed by atoms with Crippen LogP contribution in [0.4, 0.5) is 0 Å². The van der Waals surface area contributed by atoms with Gasteiger partial charge < -0.3 is 8.94 Å². The summed E-state index contributed by atoms with van der Waals surface area (Å²) < 4.78 is 12.4. The maximum absolute atomic E-state index is 12.8. The SMILES string of the molecule is Cc1ccc(-c2noc(Cn3cnc4c(oc5ccccc54)c3=O)n2)cc1. The lowest BCUT2D eigenvalue weighted by Gasteiger charge is -2.00. The summed E-state index contributed by atoms with van der Waals surface area (Å²) in [5, 5.41) is 4.81. The minimum absolute atomic E-state index is 0.123. The van der Waals surface area contributed by atoms with Crippen LogP contribution in [0.15, 0.2) is 68.6 Å². The first kappa shape index (κ1) is 15.5. The van der Waals surface area contributed by atoms with Crippen LogP contribution < -0.4 is 5.56 Å². The topological polar surface area (TPSA) is 87.0 Å². The third-order valence-electron chi connectivity index (χ3n) is 4.43. The molecule has 3 aromatic heterocycles. The molecule has 5 aromatic rings. The van der Waals surface area contributed by atoms with E-state index in [1.807, 2.05) is 55.5 Å². The fraction of sp³-hybridized carbons (Fsp3) is 0.100. The molecule has 0 aliphatic rings. The molecule has 132 valence electrons. The summed E-state index contributed by atoms with van der Waals surface area (Å²) >= 11 is 0. The lowest BCUT2D eigenvalue weighted by Crippen LogP contribution is -2.20. The maximum atomic E-state index is 12.8. The summed E-state index contributed by atoms with van der Waals surface area (Å²) in [6.07, 6.45) is 1.47. The van der Waals surface area contributed by atoms with Gasteiger partial charge in [0.05, 0.1) is 6.33 Å². The van der Waals surface area contributed by atoms with Crippen LogP contribution in [-0.4, -0.2) is 19.7 Å². The lowest BCUT2D eigenvalue weighted by atomic mass is 10.1. The van der Waals surface area contributed by atoms with E-state index in [1.165, 1.54) is 10.9 Å². The first-order valence-corrected chi connectivity index (χ1v) is 8.45. The molecule has 0 spiro atoms. The number of aryl methyl sites for hydroxylation is 1. The van der Waals surface area contributed by atoms with E-state index in [2.05, 4.69) is 15.1 Å². The fourth-order valence-corrected chi connectivity index (χ4v) is 3.01. The number of benzene rings is 2. The number of hydrogen-bond acceptors (Lipinski definition) is 6. The highest BCUT2D eigenvalue weighted by atomic mass is 16.5. The van der Waals surface area contributed by atoms with Crippen LogP contribution >= 0.6 is 0 Å². The van der Waals surface area contributed by atoms with Gasteiger partial charge in [-0.3, -0.25) is 9.36 Å². The van der Waals surface area contributed by atoms with Gasteiger partial charge in [0.2, 0.25) is 17.3 Å². The van der Waals surface area contributed by atoms with E-state index >= 15 is 0 Å². The van der Waals surface area contributed by atoms with Gasteiger partial charge >= 0.3 is 0 Å². The van der Waals surface area contributed by atoms with Gasteiger partial charge in [-0.05, 0) is 19.1 Å². The average Bonchev–Trinajstić information content (AvgIpc) is 3.30. The van der Waals surface area contributed by atoms with Crippen LogP contribution in [0.25, 0.3) is 33.5 Å². The Morgan fingerprint density at radius 1 is 1.07 bits per heavy atom. The Bertz CT molecular complexity index is 1330. The second-order valence-corrected chi connectivity index (χ2v) is 6.33. The highest BCUT2D eigenvalue weighted by Gasteiger charge is 2.15. The molecule has 2 aromatic carbocycles. The molecule has 0 saturated heterocycles. The largest absolute Gasteiger partial charge is 0.448 e. The van der Waals surface area contributed by atoms with Gasteiger partial charge in [-0.15, -0.1) is 0 Å². The number of fused-ring (bicyclic) bond motifs is 3. The molecule has 0 saturated carbocycles. The third kappa shape index (κ3) is 2.60. The molecule has 27 heavy (non-hydrogen) atoms. The van der Waals surface area contributed by atoms with Crippen molar-refractivity contribution >= 4 is 22.1 Å². The number of hydrogen-bond donors (Lipinski definition) is 0. The number of rotatable bonds is 3. The van der Waals surface area contributed by atoms with Crippen molar-refractivity contribution in [3.63, 3.8) is 0 Å². The molecule has 3 heterocycles. The lowest BCUT2D eigenvalue weighted by molar-refractivity contribution is 0.369. The Hall–Kier alpha value is -3.74. The number of aromatic nitrogens is 4. The predicted octanol–water partition coefficient (Wildman–Crippen LogP) is 3.55. The van der Waals surface area contributed by atoms with Crippen molar-refractivity contribution < 1.29 is 8.94 Å². The van der Waals surface area contributed by atoms with E-state index < -0.39 is 0 Å². The van der Waals surface area contributed by atoms with Crippen molar-refractivity contribution in [1.29, 1.82) is 0 Å². The van der Waals surface area contributed by atoms with Crippen molar-refractivity contribution in [2.45, 2.75) is 13.5 Å². The smallest absolute Gasteiger partial charge is 0.297 e. The molecule has 0 aliphatic carbocycles. The maximum Gasteiger partial charge on any atom is 0.297 e. The van der Waals surface area contributed by atoms with E-state index in [-0.39, 0.29) is 17.7 Å². The van der Waals surface area contributed by atoms with E-state index in [0.717, 1.165) is 16.5 Å². The first-order chi connectivity index (χ1) is 13.2. The molecule has 0 amide bonds. The van der Waals surface area contributed by atoms with Crippen LogP contribution in [0.1, 0.15) is 11.5 Å². The molecule has 0 unspecified atom stereocenters. The number of furan rings is 1. The third-order valence-corrected chi connectivity index (χ3v) is 4.43. The fourth-order valence-electron chi connectivity index (χ4n) is 3.01. The van der Waals surface area contributed by atoms with Gasteiger partial charge in [0.25, 0.3) is 5.56 Å². The minimum Gasteiger partial charge on any atom is -0.448 e. The van der Waals surface area contributed by atoms with Gasteiger partial charge in [0.15, 0.2) is 0 Å². The van der Waals surface area contributed by atoms with Crippen LogP contribution in [0.2, 0.25) is 0 Å². The molecule has 7 nitrogen and oxygen atoms in total. The zero-order chi connectivity index (χ0) is 18.4. The van der Waals surface area contributed by atoms with E-state index in [9.17, 15) is 4.79 Å². The molecule has 0 N–H and O–H groups in total. The van der Waals surface area contributed by atoms with Gasteiger partial charge in [-0.1, -0.05) is 47.1 Å². The average molecular weight is 358 g/mol. The molecule has 7 heteroatoms. The Labute approximate surface area is 152 Å². The van der Waals surface area contributed by atoms with Gasteiger partial charge in [-0.2, -0.15) is 4.98 Å². The highest BCUT2D eigenvalue weighted by Crippen LogP contribution is 2.24. The number of para-hydroxylation sites is 1. The number of nitrogens with zero attached hydrogens (tertiary/aromatic N) is 4. The summed E-state index contributed by atoms with van der Waals surface area (Å²) in [5.74, 6) is 0.806. The van der Waals surface area contributed by atoms with Crippen molar-refractivity contribution in [1.82, 2.24) is 19.7 Å². The van der Waals surface area contributed by atoms with Gasteiger partial charge in [-0.25, -0.2) is 4.98 Å². The normalized spacial score (nSPS) is 11.4. The summed E-state index contributed by atoms with van der Waals surface area (Å²) in [5.41, 5.74) is 3.13. The standard InChI is InChI=1S/C20H14N4O3/c1-12-6-8-13(9-7-12)19-22-16(27-23-19)10-24-11-21-17-14-4-2-3-5-15(14)26-18(17)20(24)25/h2-9,11H,10H2,1H3. The molecule has 0 atom stereocenters. The zero-order valence-electron chi connectivity index (χ0n) is 14.4. The quantitative estimate of drug-likeness (QED) is 0.490. The van der Waals surface area contributed by atoms with E-state index in [0.29, 0.717) is 22.8 Å². The first-order valence-electron chi connectivity index (χ1n) is 8.45. The molecule has 0 fully saturated rings. The highest BCUT2D eigenvalue weighted by molar-refractivity contribution is 6.01. The summed E-state index contributed by atoms with van der Waals surface area (Å²) in [4.78, 5) is 21.5. The van der Waals surface area contributed by atoms with Crippen molar-refractivity contribution in [2.24, 2.45) is 0 Å². The Balaban J connectivity index is 1.51. The molecule has 0 radical (unpaired) electrons. The van der Waals surface area contributed by atoms with Crippen LogP contribution in [-0.2, 0) is 6.54 Å². The second-order valence-electron chi connectivity index (χ2n) is 6.33. The Morgan fingerprint density at radius 2 is 1.89 bits per heavy atom. The van der Waals surface area contributed by atoms with Crippen molar-refractivity contribution in [3.05, 3.63) is 76.7 Å². The van der Waals surface area contributed by atoms with E-state index in [1.54, 1.807) is 0 Å². The molecule has 0 bridgehead atoms. The van der Waals surface area contributed by atoms with Gasteiger partial charge in [0.1, 0.15) is 17.6 Å². The van der Waals surface area contributed by atoms with Crippen molar-refractivity contribution in [2.75, 3.05) is 0 Å². The molecule has 0 aliphatic heterocycles. The van der Waals surface area contributed by atoms with Gasteiger partial charge in [0, 0.05) is 10.9 Å². The zero-order valence-corrected chi connectivity index (χ0v) is 14.4. The predicted molar refractivity (Wildman–Crippen MR) is 99.3 cm³/mol. The van der Waals surface area contributed by atoms with Crippen molar-refractivity contribution in [3.8, 4) is 11.4 Å². The molecular formula is C20H14N4O3. The summed E-state index contributed by atoms with van der Waals surface area (Å²) in [7, 11) is 0. The molecular weight excluding hydrogens is 344 g/mol. The molecule has 5 rings (SSSR count).